The maximum absolute atomic E-state index is 13.8. The molecule has 1 heterocycles. The number of hydrazone groups is 1. The summed E-state index contributed by atoms with van der Waals surface area (Å²) in [7, 11) is 0. The van der Waals surface area contributed by atoms with Crippen LogP contribution in [0.3, 0.4) is 0 Å². The summed E-state index contributed by atoms with van der Waals surface area (Å²) in [4.78, 5) is 17.2. The zero-order valence-corrected chi connectivity index (χ0v) is 23.8. The fourth-order valence-corrected chi connectivity index (χ4v) is 4.98. The van der Waals surface area contributed by atoms with Crippen LogP contribution < -0.4 is 15.5 Å². The van der Waals surface area contributed by atoms with Gasteiger partial charge in [-0.3, -0.25) is 4.79 Å². The van der Waals surface area contributed by atoms with Gasteiger partial charge in [0, 0.05) is 27.8 Å². The van der Waals surface area contributed by atoms with Gasteiger partial charge in [0.25, 0.3) is 5.91 Å². The molecule has 0 aliphatic heterocycles. The molecule has 0 aliphatic rings. The van der Waals surface area contributed by atoms with Crippen LogP contribution in [-0.2, 0) is 6.61 Å². The molecule has 4 aromatic carbocycles. The van der Waals surface area contributed by atoms with E-state index in [1.807, 2.05) is 41.8 Å². The number of anilines is 2. The summed E-state index contributed by atoms with van der Waals surface area (Å²) in [5, 5.41) is 10.2. The molecule has 0 unspecified atom stereocenters. The lowest BCUT2D eigenvalue weighted by Gasteiger charge is -2.09. The number of hydrogen-bond acceptors (Lipinski definition) is 6. The fraction of sp³-hybridized carbons (Fsp3) is 0.0645. The first-order valence-corrected chi connectivity index (χ1v) is 14.0. The molecule has 1 aromatic heterocycles. The first-order valence-electron chi connectivity index (χ1n) is 12.3. The van der Waals surface area contributed by atoms with Gasteiger partial charge in [0.1, 0.15) is 18.2 Å². The first kappa shape index (κ1) is 27.2. The van der Waals surface area contributed by atoms with Crippen molar-refractivity contribution < 1.29 is 13.9 Å². The zero-order chi connectivity index (χ0) is 27.9. The standard InChI is InChI=1S/C31H24BrFN4O2S/c1-20-6-13-25(14-7-20)35-31-36-28(19-40-31)22-9-11-23(12-10-22)30(38)37-34-17-21-8-15-29(26(32)16-21)39-18-24-4-2-3-5-27(24)33/h2-17,19H,18H2,1H3,(H,35,36)(H,37,38)/b34-17-. The van der Waals surface area contributed by atoms with Crippen molar-refractivity contribution >= 4 is 50.2 Å². The van der Waals surface area contributed by atoms with E-state index < -0.39 is 0 Å². The minimum atomic E-state index is -0.327. The normalized spacial score (nSPS) is 11.0. The molecule has 0 aliphatic carbocycles. The highest BCUT2D eigenvalue weighted by atomic mass is 79.9. The Kier molecular flexibility index (Phi) is 8.63. The highest BCUT2D eigenvalue weighted by molar-refractivity contribution is 9.10. The molecule has 0 radical (unpaired) electrons. The van der Waals surface area contributed by atoms with Crippen molar-refractivity contribution in [2.45, 2.75) is 13.5 Å². The Labute approximate surface area is 243 Å². The second kappa shape index (κ2) is 12.7. The van der Waals surface area contributed by atoms with Crippen LogP contribution in [0.2, 0.25) is 0 Å². The van der Waals surface area contributed by atoms with Gasteiger partial charge in [-0.15, -0.1) is 11.3 Å². The molecule has 0 spiro atoms. The molecule has 6 nitrogen and oxygen atoms in total. The third kappa shape index (κ3) is 6.99. The van der Waals surface area contributed by atoms with E-state index in [9.17, 15) is 9.18 Å². The van der Waals surface area contributed by atoms with Crippen molar-refractivity contribution in [2.24, 2.45) is 5.10 Å². The van der Waals surface area contributed by atoms with Crippen molar-refractivity contribution in [1.82, 2.24) is 10.4 Å². The Balaban J connectivity index is 1.14. The molecule has 2 N–H and O–H groups in total. The number of rotatable bonds is 9. The van der Waals surface area contributed by atoms with E-state index in [-0.39, 0.29) is 18.3 Å². The van der Waals surface area contributed by atoms with Crippen LogP contribution in [0.25, 0.3) is 11.3 Å². The number of aromatic nitrogens is 1. The lowest BCUT2D eigenvalue weighted by Crippen LogP contribution is -2.17. The van der Waals surface area contributed by atoms with Crippen LogP contribution in [0.15, 0.2) is 106 Å². The maximum Gasteiger partial charge on any atom is 0.271 e. The Bertz CT molecular complexity index is 1650. The van der Waals surface area contributed by atoms with E-state index in [2.05, 4.69) is 43.7 Å². The lowest BCUT2D eigenvalue weighted by molar-refractivity contribution is 0.0955. The average Bonchev–Trinajstić information content (AvgIpc) is 3.43. The number of nitrogens with zero attached hydrogens (tertiary/aromatic N) is 2. The number of benzene rings is 4. The van der Waals surface area contributed by atoms with Gasteiger partial charge < -0.3 is 10.1 Å². The van der Waals surface area contributed by atoms with Crippen LogP contribution >= 0.6 is 27.3 Å². The summed E-state index contributed by atoms with van der Waals surface area (Å²) in [6.45, 7) is 2.16. The molecule has 5 rings (SSSR count). The van der Waals surface area contributed by atoms with E-state index in [1.54, 1.807) is 48.5 Å². The zero-order valence-electron chi connectivity index (χ0n) is 21.4. The molecule has 0 saturated carbocycles. The molecule has 200 valence electrons. The summed E-state index contributed by atoms with van der Waals surface area (Å²) >= 11 is 4.99. The molecule has 0 fully saturated rings. The molecule has 5 aromatic rings. The van der Waals surface area contributed by atoms with Crippen LogP contribution in [-0.4, -0.2) is 17.1 Å². The molecular formula is C31H24BrFN4O2S. The van der Waals surface area contributed by atoms with Crippen LogP contribution in [0.4, 0.5) is 15.2 Å². The molecule has 9 heteroatoms. The molecular weight excluding hydrogens is 591 g/mol. The lowest BCUT2D eigenvalue weighted by atomic mass is 10.1. The third-order valence-electron chi connectivity index (χ3n) is 5.93. The van der Waals surface area contributed by atoms with Crippen molar-refractivity contribution in [1.29, 1.82) is 0 Å². The number of thiazole rings is 1. The molecule has 0 saturated heterocycles. The van der Waals surface area contributed by atoms with Crippen molar-refractivity contribution in [3.8, 4) is 17.0 Å². The number of aryl methyl sites for hydroxylation is 1. The number of carbonyl (C=O) groups is 1. The smallest absolute Gasteiger partial charge is 0.271 e. The van der Waals surface area contributed by atoms with Crippen LogP contribution in [0.1, 0.15) is 27.0 Å². The second-order valence-corrected chi connectivity index (χ2v) is 10.6. The minimum absolute atomic E-state index is 0.113. The quantitative estimate of drug-likeness (QED) is 0.130. The monoisotopic (exact) mass is 614 g/mol. The fourth-order valence-electron chi connectivity index (χ4n) is 3.73. The van der Waals surface area contributed by atoms with Gasteiger partial charge in [0.05, 0.1) is 16.4 Å². The highest BCUT2D eigenvalue weighted by Crippen LogP contribution is 2.28. The topological polar surface area (TPSA) is 75.6 Å². The van der Waals surface area contributed by atoms with Crippen molar-refractivity contribution in [3.63, 3.8) is 0 Å². The number of carbonyl (C=O) groups excluding carboxylic acids is 1. The number of ether oxygens (including phenoxy) is 1. The summed E-state index contributed by atoms with van der Waals surface area (Å²) < 4.78 is 20.2. The summed E-state index contributed by atoms with van der Waals surface area (Å²) in [6.07, 6.45) is 1.54. The summed E-state index contributed by atoms with van der Waals surface area (Å²) in [5.74, 6) is -0.0642. The largest absolute Gasteiger partial charge is 0.488 e. The number of hydrogen-bond donors (Lipinski definition) is 2. The molecule has 40 heavy (non-hydrogen) atoms. The molecule has 0 bridgehead atoms. The minimum Gasteiger partial charge on any atom is -0.488 e. The number of halogens is 2. The summed E-state index contributed by atoms with van der Waals surface area (Å²) in [6, 6.07) is 27.2. The predicted octanol–water partition coefficient (Wildman–Crippen LogP) is 8.11. The maximum atomic E-state index is 13.8. The van der Waals surface area contributed by atoms with Gasteiger partial charge in [-0.1, -0.05) is 48.0 Å². The Morgan fingerprint density at radius 2 is 1.82 bits per heavy atom. The van der Waals surface area contributed by atoms with Gasteiger partial charge >= 0.3 is 0 Å². The SMILES string of the molecule is Cc1ccc(Nc2nc(-c3ccc(C(=O)N/N=C\c4ccc(OCc5ccccc5F)c(Br)c4)cc3)cs2)cc1. The average molecular weight is 616 g/mol. The van der Waals surface area contributed by atoms with E-state index in [1.165, 1.54) is 29.2 Å². The van der Waals surface area contributed by atoms with E-state index in [0.717, 1.165) is 27.6 Å². The summed E-state index contributed by atoms with van der Waals surface area (Å²) in [5.41, 5.74) is 8.18. The van der Waals surface area contributed by atoms with E-state index >= 15 is 0 Å². The number of nitrogens with one attached hydrogen (secondary N) is 2. The second-order valence-electron chi connectivity index (χ2n) is 8.88. The van der Waals surface area contributed by atoms with Gasteiger partial charge in [-0.2, -0.15) is 5.10 Å². The van der Waals surface area contributed by atoms with Gasteiger partial charge in [-0.05, 0) is 76.9 Å². The van der Waals surface area contributed by atoms with Gasteiger partial charge in [0.15, 0.2) is 5.13 Å². The van der Waals surface area contributed by atoms with E-state index in [4.69, 9.17) is 4.74 Å². The van der Waals surface area contributed by atoms with Gasteiger partial charge in [0.2, 0.25) is 0 Å². The Morgan fingerprint density at radius 3 is 2.58 bits per heavy atom. The number of amides is 1. The van der Waals surface area contributed by atoms with Crippen LogP contribution in [0, 0.1) is 12.7 Å². The molecule has 0 atom stereocenters. The Morgan fingerprint density at radius 1 is 1.05 bits per heavy atom. The van der Waals surface area contributed by atoms with Crippen molar-refractivity contribution in [2.75, 3.05) is 5.32 Å². The van der Waals surface area contributed by atoms with Crippen LogP contribution in [0.5, 0.6) is 5.75 Å². The van der Waals surface area contributed by atoms with E-state index in [0.29, 0.717) is 21.3 Å². The van der Waals surface area contributed by atoms with Gasteiger partial charge in [-0.25, -0.2) is 14.8 Å². The Hall–Kier alpha value is -4.34. The third-order valence-corrected chi connectivity index (χ3v) is 7.30. The van der Waals surface area contributed by atoms with Crippen molar-refractivity contribution in [3.05, 3.63) is 129 Å². The molecule has 1 amide bonds. The first-order chi connectivity index (χ1) is 19.4. The predicted molar refractivity (Wildman–Crippen MR) is 162 cm³/mol. The highest BCUT2D eigenvalue weighted by Gasteiger charge is 2.09.